The van der Waals surface area contributed by atoms with Crippen LogP contribution in [0.15, 0.2) is 66.7 Å². The highest BCUT2D eigenvalue weighted by molar-refractivity contribution is 5.67. The van der Waals surface area contributed by atoms with Crippen LogP contribution in [0.25, 0.3) is 0 Å². The van der Waals surface area contributed by atoms with E-state index in [1.807, 2.05) is 74.5 Å². The van der Waals surface area contributed by atoms with Crippen molar-refractivity contribution in [1.29, 1.82) is 0 Å². The van der Waals surface area contributed by atoms with E-state index < -0.39 is 5.97 Å². The Morgan fingerprint density at radius 3 is 2.39 bits per heavy atom. The monoisotopic (exact) mass is 376 g/mol. The molecule has 4 heteroatoms. The van der Waals surface area contributed by atoms with Crippen molar-refractivity contribution in [3.63, 3.8) is 0 Å². The summed E-state index contributed by atoms with van der Waals surface area (Å²) in [6.07, 6.45) is 0.654. The van der Waals surface area contributed by atoms with Gasteiger partial charge in [-0.15, -0.1) is 0 Å². The van der Waals surface area contributed by atoms with Crippen molar-refractivity contribution in [1.82, 2.24) is 0 Å². The molecule has 0 unspecified atom stereocenters. The van der Waals surface area contributed by atoms with Gasteiger partial charge in [0.05, 0.1) is 0 Å². The van der Waals surface area contributed by atoms with E-state index >= 15 is 0 Å². The van der Waals surface area contributed by atoms with Gasteiger partial charge < -0.3 is 14.6 Å². The summed E-state index contributed by atoms with van der Waals surface area (Å²) in [4.78, 5) is 10.7. The summed E-state index contributed by atoms with van der Waals surface area (Å²) in [6, 6.07) is 21.6. The minimum Gasteiger partial charge on any atom is -0.489 e. The molecule has 3 aromatic rings. The van der Waals surface area contributed by atoms with E-state index in [1.165, 1.54) is 0 Å². The molecule has 0 saturated carbocycles. The Morgan fingerprint density at radius 1 is 0.893 bits per heavy atom. The third-order valence-electron chi connectivity index (χ3n) is 4.35. The summed E-state index contributed by atoms with van der Waals surface area (Å²) in [6.45, 7) is 4.44. The number of ether oxygens (including phenoxy) is 2. The van der Waals surface area contributed by atoms with Gasteiger partial charge in [-0.1, -0.05) is 36.4 Å². The molecule has 3 rings (SSSR count). The number of hydrogen-bond donors (Lipinski definition) is 1. The highest BCUT2D eigenvalue weighted by Crippen LogP contribution is 2.26. The summed E-state index contributed by atoms with van der Waals surface area (Å²) in [5, 5.41) is 8.81. The molecule has 0 spiro atoms. The summed E-state index contributed by atoms with van der Waals surface area (Å²) < 4.78 is 11.9. The molecule has 0 aliphatic heterocycles. The molecule has 0 aromatic heterocycles. The van der Waals surface area contributed by atoms with Gasteiger partial charge in [-0.3, -0.25) is 4.79 Å². The third kappa shape index (κ3) is 5.61. The maximum Gasteiger partial charge on any atom is 0.303 e. The first-order valence-electron chi connectivity index (χ1n) is 9.27. The number of benzene rings is 3. The van der Waals surface area contributed by atoms with E-state index in [-0.39, 0.29) is 6.42 Å². The van der Waals surface area contributed by atoms with E-state index in [9.17, 15) is 4.79 Å². The summed E-state index contributed by atoms with van der Waals surface area (Å²) in [7, 11) is 0. The van der Waals surface area contributed by atoms with Crippen molar-refractivity contribution in [2.24, 2.45) is 0 Å². The van der Waals surface area contributed by atoms with Gasteiger partial charge in [0.1, 0.15) is 23.9 Å². The fourth-order valence-corrected chi connectivity index (χ4v) is 3.03. The van der Waals surface area contributed by atoms with Crippen LogP contribution in [0.1, 0.15) is 28.7 Å². The lowest BCUT2D eigenvalue weighted by Gasteiger charge is -2.13. The standard InChI is InChI=1S/C24H24O4/c1-17-12-20(15-22(13-17)28-21-6-4-3-5-7-21)16-27-23-10-8-19(14-18(23)2)9-11-24(25)26/h3-8,10,12-15H,9,11,16H2,1-2H3,(H,25,26). The Hall–Kier alpha value is -3.27. The number of para-hydroxylation sites is 1. The summed E-state index contributed by atoms with van der Waals surface area (Å²) >= 11 is 0. The van der Waals surface area contributed by atoms with Crippen LogP contribution in [-0.4, -0.2) is 11.1 Å². The minimum atomic E-state index is -0.786. The second-order valence-corrected chi connectivity index (χ2v) is 6.85. The van der Waals surface area contributed by atoms with Gasteiger partial charge in [0.25, 0.3) is 0 Å². The molecule has 4 nitrogen and oxygen atoms in total. The SMILES string of the molecule is Cc1cc(COc2ccc(CCC(=O)O)cc2C)cc(Oc2ccccc2)c1. The van der Waals surface area contributed by atoms with E-state index in [0.717, 1.165) is 39.5 Å². The van der Waals surface area contributed by atoms with Crippen LogP contribution < -0.4 is 9.47 Å². The predicted octanol–water partition coefficient (Wildman–Crippen LogP) is 5.69. The van der Waals surface area contributed by atoms with Gasteiger partial charge in [-0.25, -0.2) is 0 Å². The summed E-state index contributed by atoms with van der Waals surface area (Å²) in [5.74, 6) is 1.59. The number of carbonyl (C=O) groups is 1. The smallest absolute Gasteiger partial charge is 0.303 e. The van der Waals surface area contributed by atoms with Gasteiger partial charge in [0.2, 0.25) is 0 Å². The lowest BCUT2D eigenvalue weighted by molar-refractivity contribution is -0.136. The van der Waals surface area contributed by atoms with Crippen LogP contribution in [0.3, 0.4) is 0 Å². The van der Waals surface area contributed by atoms with E-state index in [0.29, 0.717) is 13.0 Å². The van der Waals surface area contributed by atoms with Crippen molar-refractivity contribution in [2.45, 2.75) is 33.3 Å². The lowest BCUT2D eigenvalue weighted by Crippen LogP contribution is -2.00. The van der Waals surface area contributed by atoms with E-state index in [4.69, 9.17) is 14.6 Å². The Labute approximate surface area is 165 Å². The molecule has 0 atom stereocenters. The fraction of sp³-hybridized carbons (Fsp3) is 0.208. The third-order valence-corrected chi connectivity index (χ3v) is 4.35. The molecule has 0 saturated heterocycles. The zero-order chi connectivity index (χ0) is 19.9. The van der Waals surface area contributed by atoms with Gasteiger partial charge in [-0.2, -0.15) is 0 Å². The second-order valence-electron chi connectivity index (χ2n) is 6.85. The number of rotatable bonds is 8. The van der Waals surface area contributed by atoms with Gasteiger partial charge in [-0.05, 0) is 72.9 Å². The molecule has 144 valence electrons. The maximum atomic E-state index is 10.7. The Kier molecular flexibility index (Phi) is 6.33. The minimum absolute atomic E-state index is 0.132. The van der Waals surface area contributed by atoms with E-state index in [2.05, 4.69) is 6.07 Å². The normalized spacial score (nSPS) is 10.5. The molecule has 3 aromatic carbocycles. The molecule has 28 heavy (non-hydrogen) atoms. The molecular formula is C24H24O4. The molecule has 0 amide bonds. The maximum absolute atomic E-state index is 10.7. The van der Waals surface area contributed by atoms with Crippen molar-refractivity contribution in [2.75, 3.05) is 0 Å². The van der Waals surface area contributed by atoms with Gasteiger partial charge >= 0.3 is 5.97 Å². The number of carboxylic acids is 1. The van der Waals surface area contributed by atoms with Crippen molar-refractivity contribution < 1.29 is 19.4 Å². The Balaban J connectivity index is 1.66. The highest BCUT2D eigenvalue weighted by Gasteiger charge is 2.06. The van der Waals surface area contributed by atoms with Crippen LogP contribution >= 0.6 is 0 Å². The Bertz CT molecular complexity index is 948. The largest absolute Gasteiger partial charge is 0.489 e. The average molecular weight is 376 g/mol. The number of aryl methyl sites for hydroxylation is 3. The van der Waals surface area contributed by atoms with Crippen LogP contribution in [-0.2, 0) is 17.8 Å². The molecule has 0 aliphatic carbocycles. The van der Waals surface area contributed by atoms with Crippen molar-refractivity contribution >= 4 is 5.97 Å². The average Bonchev–Trinajstić information content (AvgIpc) is 2.66. The molecular weight excluding hydrogens is 352 g/mol. The van der Waals surface area contributed by atoms with Crippen LogP contribution in [0.2, 0.25) is 0 Å². The molecule has 0 fully saturated rings. The van der Waals surface area contributed by atoms with Crippen molar-refractivity contribution in [3.8, 4) is 17.2 Å². The number of carboxylic acid groups (broad SMARTS) is 1. The molecule has 1 N–H and O–H groups in total. The van der Waals surface area contributed by atoms with Crippen molar-refractivity contribution in [3.05, 3.63) is 89.0 Å². The molecule has 0 aliphatic rings. The first-order chi connectivity index (χ1) is 13.5. The van der Waals surface area contributed by atoms with Gasteiger partial charge in [0.15, 0.2) is 0 Å². The lowest BCUT2D eigenvalue weighted by atomic mass is 10.1. The van der Waals surface area contributed by atoms with E-state index in [1.54, 1.807) is 0 Å². The van der Waals surface area contributed by atoms with Crippen LogP contribution in [0, 0.1) is 13.8 Å². The number of aliphatic carboxylic acids is 1. The quantitative estimate of drug-likeness (QED) is 0.548. The predicted molar refractivity (Wildman–Crippen MR) is 109 cm³/mol. The molecule has 0 bridgehead atoms. The topological polar surface area (TPSA) is 55.8 Å². The highest BCUT2D eigenvalue weighted by atomic mass is 16.5. The molecule has 0 heterocycles. The summed E-state index contributed by atoms with van der Waals surface area (Å²) in [5.41, 5.74) is 4.13. The fourth-order valence-electron chi connectivity index (χ4n) is 3.03. The van der Waals surface area contributed by atoms with Gasteiger partial charge in [0, 0.05) is 6.42 Å². The second kappa shape index (κ2) is 9.09. The first kappa shape index (κ1) is 19.5. The molecule has 0 radical (unpaired) electrons. The zero-order valence-corrected chi connectivity index (χ0v) is 16.1. The van der Waals surface area contributed by atoms with Crippen LogP contribution in [0.5, 0.6) is 17.2 Å². The zero-order valence-electron chi connectivity index (χ0n) is 16.1. The first-order valence-corrected chi connectivity index (χ1v) is 9.27. The number of hydrogen-bond acceptors (Lipinski definition) is 3. The Morgan fingerprint density at radius 2 is 1.68 bits per heavy atom. The van der Waals surface area contributed by atoms with Crippen LogP contribution in [0.4, 0.5) is 0 Å².